The fraction of sp³-hybridized carbons (Fsp3) is 0.556. The summed E-state index contributed by atoms with van der Waals surface area (Å²) in [4.78, 5) is 12.8. The normalized spacial score (nSPS) is 17.1. The first-order chi connectivity index (χ1) is 16.2. The van der Waals surface area contributed by atoms with E-state index in [1.807, 2.05) is 41.9 Å². The molecule has 3 N–H and O–H groups in total. The Morgan fingerprint density at radius 1 is 1.24 bits per heavy atom. The van der Waals surface area contributed by atoms with Crippen molar-refractivity contribution in [1.82, 2.24) is 9.78 Å². The van der Waals surface area contributed by atoms with Crippen LogP contribution in [0.25, 0.3) is 17.2 Å². The van der Waals surface area contributed by atoms with Gasteiger partial charge in [0.1, 0.15) is 6.73 Å². The predicted molar refractivity (Wildman–Crippen MR) is 142 cm³/mol. The van der Waals surface area contributed by atoms with Crippen molar-refractivity contribution < 1.29 is 9.53 Å². The highest BCUT2D eigenvalue weighted by atomic mass is 28.3. The molecule has 6 nitrogen and oxygen atoms in total. The second-order valence-electron chi connectivity index (χ2n) is 11.2. The van der Waals surface area contributed by atoms with Crippen molar-refractivity contribution in [3.63, 3.8) is 0 Å². The molecule has 0 unspecified atom stereocenters. The van der Waals surface area contributed by atoms with Crippen LogP contribution in [0.3, 0.4) is 0 Å². The zero-order valence-electron chi connectivity index (χ0n) is 21.1. The summed E-state index contributed by atoms with van der Waals surface area (Å²) in [6, 6.07) is 8.63. The molecular formula is C27H40N4O2Si. The van der Waals surface area contributed by atoms with Crippen molar-refractivity contribution in [3.05, 3.63) is 42.2 Å². The van der Waals surface area contributed by atoms with Gasteiger partial charge in [-0.15, -0.1) is 0 Å². The van der Waals surface area contributed by atoms with Gasteiger partial charge in [0.15, 0.2) is 0 Å². The number of hydrogen-bond acceptors (Lipinski definition) is 4. The lowest BCUT2D eigenvalue weighted by Gasteiger charge is -2.23. The third kappa shape index (κ3) is 6.06. The van der Waals surface area contributed by atoms with Crippen molar-refractivity contribution in [3.8, 4) is 11.1 Å². The van der Waals surface area contributed by atoms with Crippen LogP contribution in [0.15, 0.2) is 30.8 Å². The van der Waals surface area contributed by atoms with E-state index in [1.54, 1.807) is 0 Å². The van der Waals surface area contributed by atoms with Crippen LogP contribution in [0.5, 0.6) is 0 Å². The smallest absolute Gasteiger partial charge is 0.241 e. The molecule has 1 aromatic heterocycles. The number of ether oxygens (including phenoxy) is 1. The number of anilines is 1. The molecule has 7 heteroatoms. The van der Waals surface area contributed by atoms with E-state index in [-0.39, 0.29) is 5.91 Å². The molecule has 0 saturated heterocycles. The molecule has 2 aliphatic rings. The summed E-state index contributed by atoms with van der Waals surface area (Å²) in [6.07, 6.45) is 6.72. The molecule has 2 fully saturated rings. The molecule has 1 heterocycles. The number of carbonyl (C=O) groups is 1. The van der Waals surface area contributed by atoms with Crippen LogP contribution in [0.2, 0.25) is 25.7 Å². The first-order valence-corrected chi connectivity index (χ1v) is 16.3. The molecule has 1 amide bonds. The molecule has 0 radical (unpaired) electrons. The lowest BCUT2D eigenvalue weighted by Crippen LogP contribution is -2.43. The van der Waals surface area contributed by atoms with Gasteiger partial charge in [-0.1, -0.05) is 38.4 Å². The average molecular weight is 481 g/mol. The highest BCUT2D eigenvalue weighted by molar-refractivity contribution is 6.76. The molecule has 34 heavy (non-hydrogen) atoms. The van der Waals surface area contributed by atoms with Crippen LogP contribution in [0, 0.1) is 24.7 Å². The Hall–Kier alpha value is -2.22. The summed E-state index contributed by atoms with van der Waals surface area (Å²) < 4.78 is 7.80. The second kappa shape index (κ2) is 10.2. The summed E-state index contributed by atoms with van der Waals surface area (Å²) >= 11 is 0. The number of rotatable bonds is 12. The minimum absolute atomic E-state index is 0.0669. The van der Waals surface area contributed by atoms with Gasteiger partial charge in [0.25, 0.3) is 0 Å². The number of hydrogen-bond donors (Lipinski definition) is 2. The number of nitrogens with two attached hydrogens (primary N) is 1. The van der Waals surface area contributed by atoms with Gasteiger partial charge in [0.05, 0.1) is 17.4 Å². The van der Waals surface area contributed by atoms with Crippen molar-refractivity contribution in [1.29, 1.82) is 0 Å². The number of nitrogens with one attached hydrogen (secondary N) is 1. The highest BCUT2D eigenvalue weighted by Gasteiger charge is 2.46. The van der Waals surface area contributed by atoms with E-state index < -0.39 is 14.1 Å². The van der Waals surface area contributed by atoms with E-state index in [9.17, 15) is 4.79 Å². The molecule has 4 rings (SSSR count). The molecule has 0 spiro atoms. The lowest BCUT2D eigenvalue weighted by molar-refractivity contribution is -0.118. The van der Waals surface area contributed by atoms with Crippen LogP contribution in [0.1, 0.15) is 37.1 Å². The molecular weight excluding hydrogens is 440 g/mol. The van der Waals surface area contributed by atoms with Crippen LogP contribution in [-0.2, 0) is 16.3 Å². The summed E-state index contributed by atoms with van der Waals surface area (Å²) in [6.45, 7) is 14.2. The van der Waals surface area contributed by atoms with E-state index in [0.29, 0.717) is 24.5 Å². The van der Waals surface area contributed by atoms with E-state index in [4.69, 9.17) is 15.6 Å². The van der Waals surface area contributed by atoms with Gasteiger partial charge in [0, 0.05) is 25.9 Å². The summed E-state index contributed by atoms with van der Waals surface area (Å²) in [5, 5.41) is 7.73. The minimum Gasteiger partial charge on any atom is -0.360 e. The van der Waals surface area contributed by atoms with Gasteiger partial charge in [-0.05, 0) is 80.2 Å². The van der Waals surface area contributed by atoms with E-state index in [1.165, 1.54) is 25.7 Å². The van der Waals surface area contributed by atoms with Gasteiger partial charge in [-0.2, -0.15) is 5.10 Å². The van der Waals surface area contributed by atoms with E-state index in [2.05, 4.69) is 31.5 Å². The Labute approximate surface area is 205 Å². The molecule has 184 valence electrons. The molecule has 1 aromatic carbocycles. The number of carbonyl (C=O) groups excluding carboxylic acids is 1. The third-order valence-electron chi connectivity index (χ3n) is 7.06. The first kappa shape index (κ1) is 24.9. The lowest BCUT2D eigenvalue weighted by atomic mass is 9.89. The number of aromatic nitrogens is 2. The van der Waals surface area contributed by atoms with Crippen LogP contribution >= 0.6 is 0 Å². The Kier molecular flexibility index (Phi) is 7.45. The quantitative estimate of drug-likeness (QED) is 0.310. The largest absolute Gasteiger partial charge is 0.360 e. The molecule has 0 aliphatic heterocycles. The second-order valence-corrected chi connectivity index (χ2v) is 16.9. The Bertz CT molecular complexity index is 1000. The molecule has 2 aliphatic carbocycles. The fourth-order valence-electron chi connectivity index (χ4n) is 4.85. The molecule has 2 aromatic rings. The number of nitrogens with zero attached hydrogens (tertiary/aromatic N) is 2. The van der Waals surface area contributed by atoms with E-state index in [0.717, 1.165) is 40.9 Å². The number of aryl methyl sites for hydroxylation is 1. The highest BCUT2D eigenvalue weighted by Crippen LogP contribution is 2.50. The summed E-state index contributed by atoms with van der Waals surface area (Å²) in [5.74, 6) is 1.57. The fourth-order valence-corrected chi connectivity index (χ4v) is 5.60. The molecule has 1 atom stereocenters. The van der Waals surface area contributed by atoms with Crippen LogP contribution in [0.4, 0.5) is 5.69 Å². The SMILES string of the molecule is C=Cc1c(-c2ccc(NC(=O)[C@@H](N)C(C3CC3)C3CC3)cc2)c(C)nn1COCC[Si](C)(C)C. The zero-order valence-corrected chi connectivity index (χ0v) is 22.1. The Morgan fingerprint density at radius 2 is 1.85 bits per heavy atom. The number of benzene rings is 1. The van der Waals surface area contributed by atoms with Crippen molar-refractivity contribution in [2.45, 2.75) is 71.1 Å². The third-order valence-corrected chi connectivity index (χ3v) is 8.77. The maximum absolute atomic E-state index is 12.8. The molecule has 2 saturated carbocycles. The Morgan fingerprint density at radius 3 is 2.38 bits per heavy atom. The van der Waals surface area contributed by atoms with Crippen molar-refractivity contribution in [2.75, 3.05) is 11.9 Å². The molecule has 0 bridgehead atoms. The zero-order chi connectivity index (χ0) is 24.5. The van der Waals surface area contributed by atoms with Crippen molar-refractivity contribution >= 4 is 25.7 Å². The van der Waals surface area contributed by atoms with Crippen molar-refractivity contribution in [2.24, 2.45) is 23.5 Å². The monoisotopic (exact) mass is 480 g/mol. The van der Waals surface area contributed by atoms with Gasteiger partial charge in [-0.3, -0.25) is 4.79 Å². The minimum atomic E-state index is -1.12. The maximum atomic E-state index is 12.8. The Balaban J connectivity index is 1.41. The first-order valence-electron chi connectivity index (χ1n) is 12.6. The standard InChI is InChI=1S/C27H40N4O2Si/c1-6-23-24(18(2)30-31(23)17-33-15-16-34(3,4)5)19-11-13-22(14-12-19)29-27(32)26(28)25(20-7-8-20)21-9-10-21/h6,11-14,20-21,25-26H,1,7-10,15-17,28H2,2-5H3,(H,29,32)/t26-/m0/s1. The van der Waals surface area contributed by atoms with Gasteiger partial charge < -0.3 is 15.8 Å². The number of amides is 1. The summed E-state index contributed by atoms with van der Waals surface area (Å²) in [7, 11) is -1.12. The predicted octanol–water partition coefficient (Wildman–Crippen LogP) is 5.52. The van der Waals surface area contributed by atoms with Crippen LogP contribution < -0.4 is 11.1 Å². The topological polar surface area (TPSA) is 82.2 Å². The van der Waals surface area contributed by atoms with Gasteiger partial charge in [-0.25, -0.2) is 4.68 Å². The summed E-state index contributed by atoms with van der Waals surface area (Å²) in [5.41, 5.74) is 11.1. The average Bonchev–Trinajstić information content (AvgIpc) is 3.71. The van der Waals surface area contributed by atoms with Gasteiger partial charge >= 0.3 is 0 Å². The van der Waals surface area contributed by atoms with Gasteiger partial charge in [0.2, 0.25) is 5.91 Å². The van der Waals surface area contributed by atoms with Crippen LogP contribution in [-0.4, -0.2) is 36.4 Å². The maximum Gasteiger partial charge on any atom is 0.241 e. The van der Waals surface area contributed by atoms with E-state index >= 15 is 0 Å².